The SMILES string of the molecule is CC(C)=CCN1CC[C@@]2(C)c3cc(O)ccc3C[C@@H]1[C@@H]2C.O. The maximum atomic E-state index is 9.87. The maximum Gasteiger partial charge on any atom is 0.115 e. The van der Waals surface area contributed by atoms with Crippen molar-refractivity contribution in [1.29, 1.82) is 0 Å². The van der Waals surface area contributed by atoms with E-state index in [-0.39, 0.29) is 10.9 Å². The molecule has 1 aliphatic heterocycles. The van der Waals surface area contributed by atoms with Crippen LogP contribution in [-0.4, -0.2) is 34.6 Å². The number of likely N-dealkylation sites (tertiary alicyclic amines) is 1. The number of hydrogen-bond acceptors (Lipinski definition) is 2. The Morgan fingerprint density at radius 2 is 2.14 bits per heavy atom. The predicted octanol–water partition coefficient (Wildman–Crippen LogP) is 3.06. The molecule has 1 saturated heterocycles. The summed E-state index contributed by atoms with van der Waals surface area (Å²) >= 11 is 0. The lowest BCUT2D eigenvalue weighted by atomic mass is 9.59. The zero-order valence-corrected chi connectivity index (χ0v) is 14.2. The summed E-state index contributed by atoms with van der Waals surface area (Å²) in [4.78, 5) is 2.65. The number of allylic oxidation sites excluding steroid dienone is 1. The summed E-state index contributed by atoms with van der Waals surface area (Å²) < 4.78 is 0. The van der Waals surface area contributed by atoms with Crippen LogP contribution >= 0.6 is 0 Å². The zero-order valence-electron chi connectivity index (χ0n) is 14.2. The van der Waals surface area contributed by atoms with E-state index >= 15 is 0 Å². The van der Waals surface area contributed by atoms with Gasteiger partial charge in [0.1, 0.15) is 5.75 Å². The second kappa shape index (κ2) is 6.05. The molecule has 0 spiro atoms. The molecule has 3 nitrogen and oxygen atoms in total. The summed E-state index contributed by atoms with van der Waals surface area (Å²) in [6, 6.07) is 6.60. The van der Waals surface area contributed by atoms with Gasteiger partial charge in [-0.25, -0.2) is 0 Å². The van der Waals surface area contributed by atoms with E-state index in [1.165, 1.54) is 23.1 Å². The third kappa shape index (κ3) is 2.68. The Balaban J connectivity index is 0.00000176. The monoisotopic (exact) mass is 303 g/mol. The van der Waals surface area contributed by atoms with Gasteiger partial charge in [-0.05, 0) is 67.8 Å². The van der Waals surface area contributed by atoms with Crippen molar-refractivity contribution in [3.8, 4) is 5.75 Å². The zero-order chi connectivity index (χ0) is 15.2. The molecule has 3 heteroatoms. The average Bonchev–Trinajstić information content (AvgIpc) is 2.43. The lowest BCUT2D eigenvalue weighted by molar-refractivity contribution is 0.0397. The van der Waals surface area contributed by atoms with Gasteiger partial charge >= 0.3 is 0 Å². The van der Waals surface area contributed by atoms with Gasteiger partial charge in [-0.2, -0.15) is 0 Å². The van der Waals surface area contributed by atoms with Crippen LogP contribution < -0.4 is 0 Å². The molecule has 0 aromatic heterocycles. The predicted molar refractivity (Wildman–Crippen MR) is 91.3 cm³/mol. The minimum absolute atomic E-state index is 0. The first-order valence-corrected chi connectivity index (χ1v) is 8.11. The molecular formula is C19H29NO2. The van der Waals surface area contributed by atoms with Gasteiger partial charge < -0.3 is 10.6 Å². The Hall–Kier alpha value is -1.32. The number of phenols is 1. The summed E-state index contributed by atoms with van der Waals surface area (Å²) in [5.41, 5.74) is 4.42. The number of aromatic hydroxyl groups is 1. The van der Waals surface area contributed by atoms with Crippen LogP contribution in [0.4, 0.5) is 0 Å². The van der Waals surface area contributed by atoms with Gasteiger partial charge in [0.2, 0.25) is 0 Å². The highest BCUT2D eigenvalue weighted by Gasteiger charge is 2.48. The van der Waals surface area contributed by atoms with Gasteiger partial charge in [0, 0.05) is 12.6 Å². The van der Waals surface area contributed by atoms with Crippen molar-refractivity contribution in [2.75, 3.05) is 13.1 Å². The molecule has 1 aromatic rings. The van der Waals surface area contributed by atoms with Gasteiger partial charge in [-0.15, -0.1) is 0 Å². The van der Waals surface area contributed by atoms with Crippen LogP contribution in [0.15, 0.2) is 29.8 Å². The van der Waals surface area contributed by atoms with E-state index in [0.29, 0.717) is 17.7 Å². The molecule has 122 valence electrons. The molecule has 3 rings (SSSR count). The molecule has 1 heterocycles. The minimum atomic E-state index is 0. The Morgan fingerprint density at radius 1 is 1.41 bits per heavy atom. The molecule has 1 fully saturated rings. The largest absolute Gasteiger partial charge is 0.508 e. The maximum absolute atomic E-state index is 9.87. The van der Waals surface area contributed by atoms with Gasteiger partial charge in [-0.1, -0.05) is 31.6 Å². The van der Waals surface area contributed by atoms with E-state index in [1.54, 1.807) is 0 Å². The number of fused-ring (bicyclic) bond motifs is 4. The highest BCUT2D eigenvalue weighted by molar-refractivity contribution is 5.44. The number of nitrogens with zero attached hydrogens (tertiary/aromatic N) is 1. The highest BCUT2D eigenvalue weighted by atomic mass is 16.3. The van der Waals surface area contributed by atoms with E-state index in [2.05, 4.69) is 44.7 Å². The van der Waals surface area contributed by atoms with Crippen LogP contribution in [0.5, 0.6) is 5.75 Å². The molecule has 3 atom stereocenters. The van der Waals surface area contributed by atoms with Crippen molar-refractivity contribution in [2.24, 2.45) is 5.92 Å². The van der Waals surface area contributed by atoms with Crippen LogP contribution in [0.3, 0.4) is 0 Å². The number of benzene rings is 1. The topological polar surface area (TPSA) is 55.0 Å². The minimum Gasteiger partial charge on any atom is -0.508 e. The summed E-state index contributed by atoms with van der Waals surface area (Å²) in [6.45, 7) is 11.4. The fourth-order valence-corrected chi connectivity index (χ4v) is 4.22. The number of phenolic OH excluding ortho intramolecular Hbond substituents is 1. The number of rotatable bonds is 2. The molecule has 0 unspecified atom stereocenters. The lowest BCUT2D eigenvalue weighted by Crippen LogP contribution is -2.57. The Kier molecular flexibility index (Phi) is 4.69. The van der Waals surface area contributed by atoms with Gasteiger partial charge in [-0.3, -0.25) is 4.90 Å². The van der Waals surface area contributed by atoms with Gasteiger partial charge in [0.15, 0.2) is 0 Å². The molecule has 3 N–H and O–H groups in total. The molecule has 2 bridgehead atoms. The second-order valence-electron chi connectivity index (χ2n) is 7.35. The first kappa shape index (κ1) is 17.0. The van der Waals surface area contributed by atoms with Crippen LogP contribution in [0.25, 0.3) is 0 Å². The molecule has 1 aromatic carbocycles. The van der Waals surface area contributed by atoms with Crippen molar-refractivity contribution < 1.29 is 10.6 Å². The van der Waals surface area contributed by atoms with E-state index in [0.717, 1.165) is 19.5 Å². The third-order valence-corrected chi connectivity index (χ3v) is 5.84. The highest BCUT2D eigenvalue weighted by Crippen LogP contribution is 2.49. The Morgan fingerprint density at radius 3 is 2.82 bits per heavy atom. The average molecular weight is 303 g/mol. The number of hydrogen-bond donors (Lipinski definition) is 1. The fraction of sp³-hybridized carbons (Fsp3) is 0.579. The molecule has 0 radical (unpaired) electrons. The normalized spacial score (nSPS) is 30.2. The van der Waals surface area contributed by atoms with Crippen molar-refractivity contribution in [2.45, 2.75) is 52.0 Å². The smallest absolute Gasteiger partial charge is 0.115 e. The summed E-state index contributed by atoms with van der Waals surface area (Å²) in [5.74, 6) is 1.04. The molecule has 0 amide bonds. The van der Waals surface area contributed by atoms with Gasteiger partial charge in [0.25, 0.3) is 0 Å². The first-order valence-electron chi connectivity index (χ1n) is 8.11. The third-order valence-electron chi connectivity index (χ3n) is 5.84. The number of piperidine rings is 1. The summed E-state index contributed by atoms with van der Waals surface area (Å²) in [7, 11) is 0. The standard InChI is InChI=1S/C19H27NO.H2O/c1-13(2)7-9-20-10-8-19(4)14(3)18(20)11-15-5-6-16(21)12-17(15)19;/h5-7,12,14,18,21H,8-11H2,1-4H3;1H2/t14-,18+,19+;/m0./s1. The van der Waals surface area contributed by atoms with Crippen molar-refractivity contribution in [3.63, 3.8) is 0 Å². The van der Waals surface area contributed by atoms with Crippen LogP contribution in [0.1, 0.15) is 45.2 Å². The quantitative estimate of drug-likeness (QED) is 0.854. The van der Waals surface area contributed by atoms with E-state index < -0.39 is 0 Å². The van der Waals surface area contributed by atoms with Crippen molar-refractivity contribution in [1.82, 2.24) is 4.90 Å². The van der Waals surface area contributed by atoms with Gasteiger partial charge in [0.05, 0.1) is 0 Å². The Labute approximate surface area is 134 Å². The second-order valence-corrected chi connectivity index (χ2v) is 7.35. The lowest BCUT2D eigenvalue weighted by Gasteiger charge is -2.54. The van der Waals surface area contributed by atoms with E-state index in [9.17, 15) is 5.11 Å². The Bertz CT molecular complexity index is 577. The molecule has 2 aliphatic rings. The molecule has 22 heavy (non-hydrogen) atoms. The first-order chi connectivity index (χ1) is 9.91. The van der Waals surface area contributed by atoms with E-state index in [1.807, 2.05) is 12.1 Å². The fourth-order valence-electron chi connectivity index (χ4n) is 4.22. The van der Waals surface area contributed by atoms with Crippen molar-refractivity contribution in [3.05, 3.63) is 41.0 Å². The summed E-state index contributed by atoms with van der Waals surface area (Å²) in [5, 5.41) is 9.87. The van der Waals surface area contributed by atoms with E-state index in [4.69, 9.17) is 0 Å². The van der Waals surface area contributed by atoms with Crippen LogP contribution in [0.2, 0.25) is 0 Å². The summed E-state index contributed by atoms with van der Waals surface area (Å²) in [6.07, 6.45) is 4.64. The molecular weight excluding hydrogens is 274 g/mol. The van der Waals surface area contributed by atoms with Crippen molar-refractivity contribution >= 4 is 0 Å². The molecule has 0 saturated carbocycles. The molecule has 1 aliphatic carbocycles. The van der Waals surface area contributed by atoms with Crippen LogP contribution in [0, 0.1) is 5.92 Å². The van der Waals surface area contributed by atoms with Crippen LogP contribution in [-0.2, 0) is 11.8 Å².